The number of anilines is 1. The summed E-state index contributed by atoms with van der Waals surface area (Å²) in [5, 5.41) is 9.21. The van der Waals surface area contributed by atoms with Crippen LogP contribution in [0.3, 0.4) is 0 Å². The number of carbonyl (C=O) groups is 1. The third kappa shape index (κ3) is 3.35. The van der Waals surface area contributed by atoms with Gasteiger partial charge in [-0.05, 0) is 47.2 Å². The number of pyridine rings is 1. The molecule has 2 rings (SSSR count). The van der Waals surface area contributed by atoms with Crippen LogP contribution in [0, 0.1) is 5.92 Å². The van der Waals surface area contributed by atoms with Crippen molar-refractivity contribution in [3.05, 3.63) is 35.1 Å². The van der Waals surface area contributed by atoms with E-state index in [1.165, 1.54) is 6.20 Å². The maximum Gasteiger partial charge on any atom is 0.356 e. The van der Waals surface area contributed by atoms with Gasteiger partial charge in [0.2, 0.25) is 0 Å². The number of rotatable bonds is 4. The van der Waals surface area contributed by atoms with Gasteiger partial charge in [-0.25, -0.2) is 9.78 Å². The summed E-state index contributed by atoms with van der Waals surface area (Å²) >= 11 is 3.35. The molecule has 0 spiro atoms. The first-order valence-corrected chi connectivity index (χ1v) is 7.15. The Morgan fingerprint density at radius 2 is 2.26 bits per heavy atom. The van der Waals surface area contributed by atoms with Crippen molar-refractivity contribution in [1.29, 1.82) is 0 Å². The van der Waals surface area contributed by atoms with E-state index in [9.17, 15) is 9.90 Å². The summed E-state index contributed by atoms with van der Waals surface area (Å²) in [7, 11) is 0. The summed E-state index contributed by atoms with van der Waals surface area (Å²) in [6.07, 6.45) is 6.66. The average Bonchev–Trinajstić information content (AvgIpc) is 2.39. The molecule has 0 amide bonds. The van der Waals surface area contributed by atoms with Crippen LogP contribution < -0.4 is 4.90 Å². The van der Waals surface area contributed by atoms with Crippen LogP contribution in [0.5, 0.6) is 0 Å². The standard InChI is InChI=1S/C14H17BrN2O2/c1-2-3-10-4-6-17(7-5-10)12-8-11(15)9-16-13(12)14(18)19/h2,8-10H,1,3-7H2,(H,18,19). The van der Waals surface area contributed by atoms with Crippen molar-refractivity contribution in [2.45, 2.75) is 19.3 Å². The van der Waals surface area contributed by atoms with Crippen molar-refractivity contribution < 1.29 is 9.90 Å². The van der Waals surface area contributed by atoms with Gasteiger partial charge in [-0.2, -0.15) is 0 Å². The minimum atomic E-state index is -0.976. The molecule has 5 heteroatoms. The number of piperidine rings is 1. The van der Waals surface area contributed by atoms with E-state index in [0.717, 1.165) is 36.8 Å². The zero-order chi connectivity index (χ0) is 13.8. The third-order valence-corrected chi connectivity index (χ3v) is 3.93. The smallest absolute Gasteiger partial charge is 0.356 e. The molecule has 0 bridgehead atoms. The van der Waals surface area contributed by atoms with E-state index in [2.05, 4.69) is 32.4 Å². The molecule has 1 N–H and O–H groups in total. The van der Waals surface area contributed by atoms with Crippen molar-refractivity contribution in [2.75, 3.05) is 18.0 Å². The second-order valence-corrected chi connectivity index (χ2v) is 5.70. The van der Waals surface area contributed by atoms with Gasteiger partial charge >= 0.3 is 5.97 Å². The Hall–Kier alpha value is -1.36. The monoisotopic (exact) mass is 324 g/mol. The van der Waals surface area contributed by atoms with Gasteiger partial charge in [0.05, 0.1) is 5.69 Å². The number of aromatic nitrogens is 1. The molecule has 0 saturated carbocycles. The summed E-state index contributed by atoms with van der Waals surface area (Å²) in [4.78, 5) is 17.3. The van der Waals surface area contributed by atoms with Gasteiger partial charge in [0.25, 0.3) is 0 Å². The first kappa shape index (κ1) is 14.1. The van der Waals surface area contributed by atoms with Gasteiger partial charge in [-0.3, -0.25) is 0 Å². The molecular formula is C14H17BrN2O2. The van der Waals surface area contributed by atoms with Crippen LogP contribution in [0.2, 0.25) is 0 Å². The van der Waals surface area contributed by atoms with E-state index in [1.807, 2.05) is 12.1 Å². The fourth-order valence-corrected chi connectivity index (χ4v) is 2.80. The lowest BCUT2D eigenvalue weighted by molar-refractivity contribution is 0.0691. The van der Waals surface area contributed by atoms with Gasteiger partial charge in [-0.1, -0.05) is 6.08 Å². The minimum absolute atomic E-state index is 0.130. The van der Waals surface area contributed by atoms with E-state index in [0.29, 0.717) is 11.6 Å². The predicted octanol–water partition coefficient (Wildman–Crippen LogP) is 3.33. The number of carboxylic acids is 1. The fraction of sp³-hybridized carbons (Fsp3) is 0.429. The average molecular weight is 325 g/mol. The number of nitrogens with zero attached hydrogens (tertiary/aromatic N) is 2. The lowest BCUT2D eigenvalue weighted by Crippen LogP contribution is -2.34. The number of aromatic carboxylic acids is 1. The summed E-state index contributed by atoms with van der Waals surface area (Å²) in [5.74, 6) is -0.308. The van der Waals surface area contributed by atoms with Crippen LogP contribution in [0.1, 0.15) is 29.8 Å². The first-order valence-electron chi connectivity index (χ1n) is 6.36. The Morgan fingerprint density at radius 3 is 2.84 bits per heavy atom. The summed E-state index contributed by atoms with van der Waals surface area (Å²) in [6.45, 7) is 5.52. The van der Waals surface area contributed by atoms with E-state index in [-0.39, 0.29) is 5.69 Å². The largest absolute Gasteiger partial charge is 0.476 e. The molecule has 102 valence electrons. The molecule has 4 nitrogen and oxygen atoms in total. The molecule has 1 saturated heterocycles. The molecule has 1 aliphatic heterocycles. The van der Waals surface area contributed by atoms with Crippen LogP contribution in [-0.4, -0.2) is 29.1 Å². The Bertz CT molecular complexity index is 482. The highest BCUT2D eigenvalue weighted by molar-refractivity contribution is 9.10. The maximum atomic E-state index is 11.2. The Balaban J connectivity index is 2.16. The normalized spacial score (nSPS) is 16.4. The number of halogens is 1. The van der Waals surface area contributed by atoms with Gasteiger partial charge in [-0.15, -0.1) is 6.58 Å². The number of hydrogen-bond acceptors (Lipinski definition) is 3. The molecule has 1 aromatic rings. The molecule has 0 radical (unpaired) electrons. The van der Waals surface area contributed by atoms with Crippen molar-refractivity contribution in [1.82, 2.24) is 4.98 Å². The second-order valence-electron chi connectivity index (χ2n) is 4.78. The Kier molecular flexibility index (Phi) is 4.58. The molecular weight excluding hydrogens is 308 g/mol. The van der Waals surface area contributed by atoms with Crippen molar-refractivity contribution in [2.24, 2.45) is 5.92 Å². The SMILES string of the molecule is C=CCC1CCN(c2cc(Br)cnc2C(=O)O)CC1. The van der Waals surface area contributed by atoms with Crippen LogP contribution in [0.15, 0.2) is 29.4 Å². The quantitative estimate of drug-likeness (QED) is 0.863. The third-order valence-electron chi connectivity index (χ3n) is 3.49. The van der Waals surface area contributed by atoms with Crippen LogP contribution in [0.4, 0.5) is 5.69 Å². The molecule has 0 atom stereocenters. The molecule has 1 aliphatic rings. The maximum absolute atomic E-state index is 11.2. The van der Waals surface area contributed by atoms with Crippen molar-refractivity contribution in [3.8, 4) is 0 Å². The summed E-state index contributed by atoms with van der Waals surface area (Å²) in [6, 6.07) is 1.84. The van der Waals surface area contributed by atoms with Gasteiger partial charge in [0.15, 0.2) is 5.69 Å². The lowest BCUT2D eigenvalue weighted by atomic mass is 9.93. The highest BCUT2D eigenvalue weighted by atomic mass is 79.9. The van der Waals surface area contributed by atoms with Gasteiger partial charge < -0.3 is 10.0 Å². The first-order chi connectivity index (χ1) is 9.11. The zero-order valence-electron chi connectivity index (χ0n) is 10.7. The Morgan fingerprint density at radius 1 is 1.58 bits per heavy atom. The van der Waals surface area contributed by atoms with E-state index < -0.39 is 5.97 Å². The second kappa shape index (κ2) is 6.19. The molecule has 19 heavy (non-hydrogen) atoms. The van der Waals surface area contributed by atoms with Crippen molar-refractivity contribution >= 4 is 27.6 Å². The minimum Gasteiger partial charge on any atom is -0.476 e. The number of carboxylic acid groups (broad SMARTS) is 1. The molecule has 0 aliphatic carbocycles. The van der Waals surface area contributed by atoms with Crippen molar-refractivity contribution in [3.63, 3.8) is 0 Å². The summed E-state index contributed by atoms with van der Waals surface area (Å²) in [5.41, 5.74) is 0.837. The fourth-order valence-electron chi connectivity index (χ4n) is 2.48. The van der Waals surface area contributed by atoms with E-state index >= 15 is 0 Å². The van der Waals surface area contributed by atoms with Crippen LogP contribution >= 0.6 is 15.9 Å². The Labute approximate surface area is 121 Å². The molecule has 2 heterocycles. The molecule has 1 fully saturated rings. The molecule has 0 unspecified atom stereocenters. The summed E-state index contributed by atoms with van der Waals surface area (Å²) < 4.78 is 0.806. The predicted molar refractivity (Wildman–Crippen MR) is 78.6 cm³/mol. The van der Waals surface area contributed by atoms with Gasteiger partial charge in [0.1, 0.15) is 0 Å². The number of allylic oxidation sites excluding steroid dienone is 1. The van der Waals surface area contributed by atoms with Gasteiger partial charge in [0, 0.05) is 23.8 Å². The van der Waals surface area contributed by atoms with E-state index in [4.69, 9.17) is 0 Å². The van der Waals surface area contributed by atoms with Crippen LogP contribution in [0.25, 0.3) is 0 Å². The highest BCUT2D eigenvalue weighted by Crippen LogP contribution is 2.29. The highest BCUT2D eigenvalue weighted by Gasteiger charge is 2.23. The molecule has 0 aromatic carbocycles. The molecule has 1 aromatic heterocycles. The zero-order valence-corrected chi connectivity index (χ0v) is 12.3. The lowest BCUT2D eigenvalue weighted by Gasteiger charge is -2.33. The number of hydrogen-bond donors (Lipinski definition) is 1. The topological polar surface area (TPSA) is 53.4 Å². The van der Waals surface area contributed by atoms with E-state index in [1.54, 1.807) is 0 Å². The van der Waals surface area contributed by atoms with Crippen LogP contribution in [-0.2, 0) is 0 Å².